The van der Waals surface area contributed by atoms with Gasteiger partial charge >= 0.3 is 0 Å². The summed E-state index contributed by atoms with van der Waals surface area (Å²) in [5, 5.41) is 11.5. The number of ether oxygens (including phenoxy) is 1. The number of nitrogens with zero attached hydrogens (tertiary/aromatic N) is 1. The lowest BCUT2D eigenvalue weighted by molar-refractivity contribution is -0.122. The Morgan fingerprint density at radius 3 is 2.48 bits per heavy atom. The third kappa shape index (κ3) is 4.42. The molecule has 1 N–H and O–H groups in total. The summed E-state index contributed by atoms with van der Waals surface area (Å²) in [5.74, 6) is 0.113. The highest BCUT2D eigenvalue weighted by Crippen LogP contribution is 2.15. The Balaban J connectivity index is 2.00. The molecule has 0 saturated heterocycles. The normalized spacial score (nSPS) is 11.2. The van der Waals surface area contributed by atoms with E-state index in [0.717, 1.165) is 0 Å². The molecule has 2 aromatic carbocycles. The summed E-state index contributed by atoms with van der Waals surface area (Å²) in [5.41, 5.74) is 1.59. The fourth-order valence-corrected chi connectivity index (χ4v) is 1.93. The van der Waals surface area contributed by atoms with Crippen molar-refractivity contribution in [2.75, 3.05) is 5.32 Å². The van der Waals surface area contributed by atoms with Gasteiger partial charge in [0.2, 0.25) is 0 Å². The smallest absolute Gasteiger partial charge is 0.265 e. The summed E-state index contributed by atoms with van der Waals surface area (Å²) in [6.45, 7) is 3.10. The number of rotatable bonds is 5. The number of amides is 1. The molecule has 1 unspecified atom stereocenters. The largest absolute Gasteiger partial charge is 0.481 e. The van der Waals surface area contributed by atoms with Gasteiger partial charge in [0.1, 0.15) is 5.75 Å². The zero-order chi connectivity index (χ0) is 16.8. The van der Waals surface area contributed by atoms with Gasteiger partial charge in [0.25, 0.3) is 5.91 Å². The van der Waals surface area contributed by atoms with Gasteiger partial charge in [-0.1, -0.05) is 12.1 Å². The molecule has 0 aliphatic carbocycles. The number of carbonyl (C=O) groups is 2. The van der Waals surface area contributed by atoms with Crippen LogP contribution in [0.4, 0.5) is 5.69 Å². The molecule has 23 heavy (non-hydrogen) atoms. The molecular weight excluding hydrogens is 292 g/mol. The van der Waals surface area contributed by atoms with E-state index in [1.165, 1.54) is 6.92 Å². The van der Waals surface area contributed by atoms with E-state index >= 15 is 0 Å². The third-order valence-corrected chi connectivity index (χ3v) is 3.20. The molecule has 0 saturated carbocycles. The summed E-state index contributed by atoms with van der Waals surface area (Å²) >= 11 is 0. The van der Waals surface area contributed by atoms with Crippen molar-refractivity contribution in [3.8, 4) is 11.8 Å². The SMILES string of the molecule is CC(=O)c1cccc(NC(=O)C(C)Oc2ccc(C#N)cc2)c1. The first kappa shape index (κ1) is 16.2. The fourth-order valence-electron chi connectivity index (χ4n) is 1.93. The van der Waals surface area contributed by atoms with Gasteiger partial charge in [0.05, 0.1) is 11.6 Å². The van der Waals surface area contributed by atoms with Gasteiger partial charge in [-0.3, -0.25) is 9.59 Å². The first-order valence-corrected chi connectivity index (χ1v) is 7.08. The number of hydrogen-bond donors (Lipinski definition) is 1. The molecule has 0 radical (unpaired) electrons. The van der Waals surface area contributed by atoms with Crippen LogP contribution in [0.2, 0.25) is 0 Å². The van der Waals surface area contributed by atoms with Crippen molar-refractivity contribution >= 4 is 17.4 Å². The van der Waals surface area contributed by atoms with Crippen molar-refractivity contribution in [2.45, 2.75) is 20.0 Å². The number of nitriles is 1. The van der Waals surface area contributed by atoms with Gasteiger partial charge in [-0.15, -0.1) is 0 Å². The molecule has 1 atom stereocenters. The molecule has 116 valence electrons. The van der Waals surface area contributed by atoms with Crippen LogP contribution in [-0.4, -0.2) is 17.8 Å². The van der Waals surface area contributed by atoms with Crippen LogP contribution in [0.1, 0.15) is 29.8 Å². The highest BCUT2D eigenvalue weighted by Gasteiger charge is 2.15. The average molecular weight is 308 g/mol. The van der Waals surface area contributed by atoms with Crippen LogP contribution < -0.4 is 10.1 Å². The van der Waals surface area contributed by atoms with Crippen LogP contribution >= 0.6 is 0 Å². The topological polar surface area (TPSA) is 79.2 Å². The predicted octanol–water partition coefficient (Wildman–Crippen LogP) is 3.17. The van der Waals surface area contributed by atoms with Crippen LogP contribution in [0.3, 0.4) is 0 Å². The highest BCUT2D eigenvalue weighted by atomic mass is 16.5. The van der Waals surface area contributed by atoms with Crippen molar-refractivity contribution in [1.29, 1.82) is 5.26 Å². The Kier molecular flexibility index (Phi) is 5.11. The van der Waals surface area contributed by atoms with Crippen LogP contribution in [-0.2, 0) is 4.79 Å². The summed E-state index contributed by atoms with van der Waals surface area (Å²) in [6.07, 6.45) is -0.719. The Labute approximate surface area is 134 Å². The molecule has 0 spiro atoms. The number of Topliss-reactive ketones (excluding diaryl/α,β-unsaturated/α-hetero) is 1. The molecule has 5 nitrogen and oxygen atoms in total. The second kappa shape index (κ2) is 7.23. The Morgan fingerprint density at radius 1 is 1.17 bits per heavy atom. The summed E-state index contributed by atoms with van der Waals surface area (Å²) in [7, 11) is 0. The quantitative estimate of drug-likeness (QED) is 0.860. The van der Waals surface area contributed by atoms with Gasteiger partial charge in [0.15, 0.2) is 11.9 Å². The van der Waals surface area contributed by atoms with Crippen molar-refractivity contribution in [1.82, 2.24) is 0 Å². The molecule has 0 aliphatic heterocycles. The van der Waals surface area contributed by atoms with Crippen LogP contribution in [0.5, 0.6) is 5.75 Å². The summed E-state index contributed by atoms with van der Waals surface area (Å²) in [4.78, 5) is 23.5. The molecule has 2 aromatic rings. The lowest BCUT2D eigenvalue weighted by Crippen LogP contribution is -2.30. The fraction of sp³-hybridized carbons (Fsp3) is 0.167. The van der Waals surface area contributed by atoms with E-state index in [2.05, 4.69) is 5.32 Å². The molecule has 0 bridgehead atoms. The molecule has 0 heterocycles. The molecular formula is C18H16N2O3. The maximum absolute atomic E-state index is 12.1. The zero-order valence-corrected chi connectivity index (χ0v) is 12.9. The second-order valence-corrected chi connectivity index (χ2v) is 5.02. The lowest BCUT2D eigenvalue weighted by Gasteiger charge is -2.15. The van der Waals surface area contributed by atoms with E-state index in [1.807, 2.05) is 6.07 Å². The molecule has 2 rings (SSSR count). The lowest BCUT2D eigenvalue weighted by atomic mass is 10.1. The van der Waals surface area contributed by atoms with Gasteiger partial charge in [-0.05, 0) is 50.2 Å². The third-order valence-electron chi connectivity index (χ3n) is 3.20. The Hall–Kier alpha value is -3.13. The number of ketones is 1. The second-order valence-electron chi connectivity index (χ2n) is 5.02. The molecule has 0 aromatic heterocycles. The minimum absolute atomic E-state index is 0.0667. The number of hydrogen-bond acceptors (Lipinski definition) is 4. The van der Waals surface area contributed by atoms with E-state index in [0.29, 0.717) is 22.6 Å². The summed E-state index contributed by atoms with van der Waals surface area (Å²) < 4.78 is 5.54. The Morgan fingerprint density at radius 2 is 1.87 bits per heavy atom. The van der Waals surface area contributed by atoms with Gasteiger partial charge in [-0.25, -0.2) is 0 Å². The minimum atomic E-state index is -0.719. The van der Waals surface area contributed by atoms with E-state index in [1.54, 1.807) is 55.5 Å². The minimum Gasteiger partial charge on any atom is -0.481 e. The predicted molar refractivity (Wildman–Crippen MR) is 86.3 cm³/mol. The average Bonchev–Trinajstić information content (AvgIpc) is 2.55. The highest BCUT2D eigenvalue weighted by molar-refractivity contribution is 5.98. The van der Waals surface area contributed by atoms with Crippen molar-refractivity contribution in [2.24, 2.45) is 0 Å². The van der Waals surface area contributed by atoms with Gasteiger partial charge in [0, 0.05) is 11.3 Å². The number of benzene rings is 2. The molecule has 1 amide bonds. The van der Waals surface area contributed by atoms with E-state index in [9.17, 15) is 9.59 Å². The first-order chi connectivity index (χ1) is 11.0. The molecule has 5 heteroatoms. The van der Waals surface area contributed by atoms with E-state index < -0.39 is 6.10 Å². The standard InChI is InChI=1S/C18H16N2O3/c1-12(21)15-4-3-5-16(10-15)20-18(22)13(2)23-17-8-6-14(11-19)7-9-17/h3-10,13H,1-2H3,(H,20,22). The van der Waals surface area contributed by atoms with Crippen molar-refractivity contribution in [3.05, 3.63) is 59.7 Å². The summed E-state index contributed by atoms with van der Waals surface area (Å²) in [6, 6.07) is 15.3. The van der Waals surface area contributed by atoms with Crippen LogP contribution in [0.15, 0.2) is 48.5 Å². The zero-order valence-electron chi connectivity index (χ0n) is 12.9. The monoisotopic (exact) mass is 308 g/mol. The van der Waals surface area contributed by atoms with Crippen LogP contribution in [0, 0.1) is 11.3 Å². The molecule has 0 aliphatic rings. The molecule has 0 fully saturated rings. The van der Waals surface area contributed by atoms with Crippen molar-refractivity contribution in [3.63, 3.8) is 0 Å². The van der Waals surface area contributed by atoms with Crippen molar-refractivity contribution < 1.29 is 14.3 Å². The maximum atomic E-state index is 12.1. The maximum Gasteiger partial charge on any atom is 0.265 e. The number of carbonyl (C=O) groups excluding carboxylic acids is 2. The Bertz CT molecular complexity index is 761. The first-order valence-electron chi connectivity index (χ1n) is 7.08. The van der Waals surface area contributed by atoms with E-state index in [4.69, 9.17) is 10.00 Å². The van der Waals surface area contributed by atoms with E-state index in [-0.39, 0.29) is 11.7 Å². The van der Waals surface area contributed by atoms with Gasteiger partial charge in [-0.2, -0.15) is 5.26 Å². The number of nitrogens with one attached hydrogen (secondary N) is 1. The number of anilines is 1. The van der Waals surface area contributed by atoms with Crippen LogP contribution in [0.25, 0.3) is 0 Å². The van der Waals surface area contributed by atoms with Gasteiger partial charge < -0.3 is 10.1 Å².